The van der Waals surface area contributed by atoms with Gasteiger partial charge in [-0.05, 0) is 62.5 Å². The number of aromatic nitrogens is 2. The molecule has 2 bridgehead atoms. The third-order valence-corrected chi connectivity index (χ3v) is 7.87. The Bertz CT molecular complexity index is 1050. The molecule has 2 aliphatic rings. The molecule has 2 saturated carbocycles. The summed E-state index contributed by atoms with van der Waals surface area (Å²) in [6.45, 7) is 5.15. The van der Waals surface area contributed by atoms with Crippen LogP contribution in [0.4, 0.5) is 5.13 Å². The smallest absolute Gasteiger partial charge is 0.226 e. The van der Waals surface area contributed by atoms with Crippen LogP contribution in [0.25, 0.3) is 11.3 Å². The summed E-state index contributed by atoms with van der Waals surface area (Å²) in [6, 6.07) is 12.7. The highest BCUT2D eigenvalue weighted by Crippen LogP contribution is 2.49. The number of aryl methyl sites for hydroxylation is 1. The second-order valence-corrected chi connectivity index (χ2v) is 9.94. The molecule has 5 rings (SSSR count). The molecule has 5 heteroatoms. The van der Waals surface area contributed by atoms with Crippen molar-refractivity contribution in [1.82, 2.24) is 9.55 Å². The number of anilines is 1. The summed E-state index contributed by atoms with van der Waals surface area (Å²) in [5.41, 5.74) is 5.82. The molecule has 2 fully saturated rings. The fourth-order valence-electron chi connectivity index (χ4n) is 5.56. The van der Waals surface area contributed by atoms with E-state index in [1.165, 1.54) is 54.0 Å². The molecule has 1 aromatic carbocycles. The average molecular weight is 420 g/mol. The molecule has 2 aromatic heterocycles. The van der Waals surface area contributed by atoms with Crippen LogP contribution in [0.3, 0.4) is 0 Å². The first-order valence-corrected chi connectivity index (χ1v) is 11.9. The number of rotatable bonds is 6. The zero-order chi connectivity index (χ0) is 20.7. The van der Waals surface area contributed by atoms with E-state index >= 15 is 0 Å². The second-order valence-electron chi connectivity index (χ2n) is 9.08. The summed E-state index contributed by atoms with van der Waals surface area (Å²) in [7, 11) is 0. The molecule has 156 valence electrons. The van der Waals surface area contributed by atoms with Gasteiger partial charge in [0.1, 0.15) is 0 Å². The van der Waals surface area contributed by atoms with Crippen LogP contribution in [-0.4, -0.2) is 15.5 Å². The largest absolute Gasteiger partial charge is 0.344 e. The first-order valence-electron chi connectivity index (χ1n) is 11.0. The van der Waals surface area contributed by atoms with Gasteiger partial charge in [0.05, 0.1) is 5.69 Å². The first kappa shape index (κ1) is 19.6. The fraction of sp³-hybridized carbons (Fsp3) is 0.440. The van der Waals surface area contributed by atoms with Crippen molar-refractivity contribution in [1.29, 1.82) is 0 Å². The minimum Gasteiger partial charge on any atom is -0.344 e. The van der Waals surface area contributed by atoms with Gasteiger partial charge in [0.2, 0.25) is 5.91 Å². The van der Waals surface area contributed by atoms with Crippen molar-refractivity contribution in [2.24, 2.45) is 17.8 Å². The van der Waals surface area contributed by atoms with Gasteiger partial charge in [0.25, 0.3) is 0 Å². The zero-order valence-corrected chi connectivity index (χ0v) is 18.5. The lowest BCUT2D eigenvalue weighted by atomic mass is 9.86. The third-order valence-electron chi connectivity index (χ3n) is 7.12. The summed E-state index contributed by atoms with van der Waals surface area (Å²) in [5.74, 6) is 2.37. The predicted octanol–water partition coefficient (Wildman–Crippen LogP) is 6.04. The summed E-state index contributed by atoms with van der Waals surface area (Å²) >= 11 is 1.52. The van der Waals surface area contributed by atoms with Crippen molar-refractivity contribution < 1.29 is 4.79 Å². The van der Waals surface area contributed by atoms with Crippen LogP contribution in [0.1, 0.15) is 49.1 Å². The van der Waals surface area contributed by atoms with Crippen molar-refractivity contribution in [3.05, 3.63) is 58.7 Å². The van der Waals surface area contributed by atoms with Crippen molar-refractivity contribution in [3.63, 3.8) is 0 Å². The molecule has 30 heavy (non-hydrogen) atoms. The minimum absolute atomic E-state index is 0.128. The fourth-order valence-corrected chi connectivity index (χ4v) is 6.29. The zero-order valence-electron chi connectivity index (χ0n) is 17.7. The van der Waals surface area contributed by atoms with Gasteiger partial charge in [-0.2, -0.15) is 0 Å². The summed E-state index contributed by atoms with van der Waals surface area (Å²) < 4.78 is 2.33. The Hall–Kier alpha value is -2.40. The Kier molecular flexibility index (Phi) is 5.23. The van der Waals surface area contributed by atoms with E-state index in [-0.39, 0.29) is 5.91 Å². The topological polar surface area (TPSA) is 46.9 Å². The van der Waals surface area contributed by atoms with Crippen molar-refractivity contribution in [2.75, 3.05) is 5.32 Å². The van der Waals surface area contributed by atoms with Crippen LogP contribution in [0.2, 0.25) is 0 Å². The van der Waals surface area contributed by atoms with Gasteiger partial charge in [0, 0.05) is 35.3 Å². The lowest BCUT2D eigenvalue weighted by Crippen LogP contribution is -2.20. The van der Waals surface area contributed by atoms with Crippen LogP contribution in [0.15, 0.2) is 41.8 Å². The molecular weight excluding hydrogens is 390 g/mol. The normalized spacial score (nSPS) is 22.5. The molecule has 1 amide bonds. The molecule has 4 nitrogen and oxygen atoms in total. The number of nitrogens with one attached hydrogen (secondary N) is 1. The number of thiazole rings is 1. The highest BCUT2D eigenvalue weighted by Gasteiger charge is 2.40. The van der Waals surface area contributed by atoms with Crippen molar-refractivity contribution in [2.45, 2.75) is 52.5 Å². The van der Waals surface area contributed by atoms with E-state index in [4.69, 9.17) is 4.98 Å². The van der Waals surface area contributed by atoms with Crippen LogP contribution in [0, 0.1) is 31.6 Å². The Morgan fingerprint density at radius 2 is 2.03 bits per heavy atom. The van der Waals surface area contributed by atoms with Crippen LogP contribution >= 0.6 is 11.3 Å². The molecule has 2 aliphatic carbocycles. The summed E-state index contributed by atoms with van der Waals surface area (Å²) in [5, 5.41) is 5.83. The second kappa shape index (κ2) is 8.03. The van der Waals surface area contributed by atoms with E-state index < -0.39 is 0 Å². The standard InChI is InChI=1S/C25H29N3OS/c1-16-10-22(17(2)28(16)14-18-6-4-3-5-7-18)23-15-30-25(26-23)27-24(29)13-21-12-19-8-9-20(21)11-19/h3-7,10,15,19-21H,8-9,11-14H2,1-2H3,(H,26,27,29)/t19-,20-,21-/m0/s1. The van der Waals surface area contributed by atoms with Gasteiger partial charge in [-0.1, -0.05) is 36.8 Å². The molecular formula is C25H29N3OS. The third kappa shape index (κ3) is 3.83. The summed E-state index contributed by atoms with van der Waals surface area (Å²) in [6.07, 6.45) is 5.94. The maximum atomic E-state index is 12.6. The number of nitrogens with zero attached hydrogens (tertiary/aromatic N) is 2. The van der Waals surface area contributed by atoms with Crippen LogP contribution in [-0.2, 0) is 11.3 Å². The Morgan fingerprint density at radius 3 is 2.77 bits per heavy atom. The van der Waals surface area contributed by atoms with Gasteiger partial charge in [-0.3, -0.25) is 4.79 Å². The molecule has 1 N–H and O–H groups in total. The number of fused-ring (bicyclic) bond motifs is 2. The molecule has 0 saturated heterocycles. The van der Waals surface area contributed by atoms with Crippen molar-refractivity contribution in [3.8, 4) is 11.3 Å². The molecule has 0 radical (unpaired) electrons. The van der Waals surface area contributed by atoms with Gasteiger partial charge >= 0.3 is 0 Å². The number of amides is 1. The van der Waals surface area contributed by atoms with E-state index in [0.717, 1.165) is 29.6 Å². The highest BCUT2D eigenvalue weighted by molar-refractivity contribution is 7.14. The molecule has 2 heterocycles. The highest BCUT2D eigenvalue weighted by atomic mass is 32.1. The minimum atomic E-state index is 0.128. The van der Waals surface area contributed by atoms with Crippen LogP contribution in [0.5, 0.6) is 0 Å². The van der Waals surface area contributed by atoms with E-state index in [2.05, 4.69) is 59.4 Å². The Balaban J connectivity index is 1.27. The van der Waals surface area contributed by atoms with Crippen LogP contribution < -0.4 is 5.32 Å². The molecule has 0 aliphatic heterocycles. The first-order chi connectivity index (χ1) is 14.6. The van der Waals surface area contributed by atoms with E-state index in [9.17, 15) is 4.79 Å². The lowest BCUT2D eigenvalue weighted by molar-refractivity contribution is -0.117. The van der Waals surface area contributed by atoms with Gasteiger partial charge in [-0.15, -0.1) is 11.3 Å². The van der Waals surface area contributed by atoms with E-state index in [1.54, 1.807) is 0 Å². The number of benzene rings is 1. The number of carbonyl (C=O) groups excluding carboxylic acids is 1. The van der Waals surface area contributed by atoms with Gasteiger partial charge < -0.3 is 9.88 Å². The maximum Gasteiger partial charge on any atom is 0.226 e. The molecule has 0 unspecified atom stereocenters. The molecule has 3 aromatic rings. The average Bonchev–Trinajstić information content (AvgIpc) is 3.51. The molecule has 3 atom stereocenters. The Morgan fingerprint density at radius 1 is 1.20 bits per heavy atom. The maximum absolute atomic E-state index is 12.6. The number of carbonyl (C=O) groups is 1. The summed E-state index contributed by atoms with van der Waals surface area (Å²) in [4.78, 5) is 17.3. The Labute approximate surface area is 182 Å². The van der Waals surface area contributed by atoms with E-state index in [1.807, 2.05) is 6.07 Å². The number of hydrogen-bond acceptors (Lipinski definition) is 3. The predicted molar refractivity (Wildman–Crippen MR) is 123 cm³/mol. The van der Waals surface area contributed by atoms with Gasteiger partial charge in [0.15, 0.2) is 5.13 Å². The van der Waals surface area contributed by atoms with Gasteiger partial charge in [-0.25, -0.2) is 4.98 Å². The molecule has 0 spiro atoms. The SMILES string of the molecule is Cc1cc(-c2csc(NC(=O)C[C@@H]3C[C@H]4CC[C@H]3C4)n2)c(C)n1Cc1ccccc1. The number of hydrogen-bond donors (Lipinski definition) is 1. The lowest BCUT2D eigenvalue weighted by Gasteiger charge is -2.20. The van der Waals surface area contributed by atoms with E-state index in [0.29, 0.717) is 17.5 Å². The monoisotopic (exact) mass is 419 g/mol. The van der Waals surface area contributed by atoms with Crippen molar-refractivity contribution >= 4 is 22.4 Å². The quantitative estimate of drug-likeness (QED) is 0.529.